The van der Waals surface area contributed by atoms with Crippen molar-refractivity contribution in [2.75, 3.05) is 13.2 Å². The van der Waals surface area contributed by atoms with E-state index in [-0.39, 0.29) is 6.42 Å². The van der Waals surface area contributed by atoms with E-state index in [1.807, 2.05) is 36.0 Å². The number of fused-ring (bicyclic) bond motifs is 1. The fourth-order valence-corrected chi connectivity index (χ4v) is 3.69. The van der Waals surface area contributed by atoms with Crippen LogP contribution in [0, 0.1) is 6.92 Å². The molecule has 0 atom stereocenters. The van der Waals surface area contributed by atoms with E-state index < -0.39 is 5.97 Å². The number of aliphatic carboxylic acids is 1. The number of carboxylic acid groups (broad SMARTS) is 1. The number of aromatic nitrogens is 2. The molecule has 4 rings (SSSR count). The van der Waals surface area contributed by atoms with Gasteiger partial charge in [-0.3, -0.25) is 15.1 Å². The van der Waals surface area contributed by atoms with Crippen molar-refractivity contribution in [3.63, 3.8) is 0 Å². The van der Waals surface area contributed by atoms with Crippen LogP contribution in [0.2, 0.25) is 0 Å². The molecule has 0 amide bonds. The highest BCUT2D eigenvalue weighted by molar-refractivity contribution is 5.71. The average molecular weight is 419 g/mol. The molecule has 0 unspecified atom stereocenters. The summed E-state index contributed by atoms with van der Waals surface area (Å²) in [5.41, 5.74) is 9.02. The zero-order chi connectivity index (χ0) is 21.6. The molecule has 1 aliphatic carbocycles. The number of carboxylic acids is 1. The maximum Gasteiger partial charge on any atom is 0.307 e. The number of hydrogen-bond acceptors (Lipinski definition) is 5. The largest absolute Gasteiger partial charge is 0.491 e. The number of hydroxylamine groups is 1. The molecule has 0 saturated heterocycles. The molecular weight excluding hydrogens is 394 g/mol. The molecule has 1 aromatic heterocycles. The number of nitrogens with one attached hydrogen (secondary N) is 1. The number of ether oxygens (including phenoxy) is 1. The number of rotatable bonds is 9. The molecule has 160 valence electrons. The van der Waals surface area contributed by atoms with Gasteiger partial charge in [-0.15, -0.1) is 0 Å². The van der Waals surface area contributed by atoms with Crippen molar-refractivity contribution in [3.05, 3.63) is 83.2 Å². The second-order valence-corrected chi connectivity index (χ2v) is 7.36. The third-order valence-corrected chi connectivity index (χ3v) is 5.27. The fraction of sp³-hybridized carbons (Fsp3) is 0.250. The molecule has 0 spiro atoms. The van der Waals surface area contributed by atoms with Crippen LogP contribution in [0.1, 0.15) is 28.7 Å². The van der Waals surface area contributed by atoms with E-state index in [0.717, 1.165) is 40.9 Å². The maximum atomic E-state index is 11.0. The minimum Gasteiger partial charge on any atom is -0.491 e. The summed E-state index contributed by atoms with van der Waals surface area (Å²) in [7, 11) is 0. The third kappa shape index (κ3) is 4.95. The summed E-state index contributed by atoms with van der Waals surface area (Å²) in [6.07, 6.45) is 7.74. The molecule has 3 aromatic rings. The molecule has 0 bridgehead atoms. The second kappa shape index (κ2) is 9.49. The monoisotopic (exact) mass is 419 g/mol. The molecule has 7 heteroatoms. The van der Waals surface area contributed by atoms with Gasteiger partial charge < -0.3 is 9.84 Å². The van der Waals surface area contributed by atoms with Gasteiger partial charge in [-0.05, 0) is 60.7 Å². The first kappa shape index (κ1) is 20.7. The highest BCUT2D eigenvalue weighted by Gasteiger charge is 2.14. The molecular formula is C24H25N3O4. The predicted octanol–water partition coefficient (Wildman–Crippen LogP) is 3.70. The summed E-state index contributed by atoms with van der Waals surface area (Å²) < 4.78 is 7.64. The Balaban J connectivity index is 1.30. The van der Waals surface area contributed by atoms with Crippen molar-refractivity contribution in [2.45, 2.75) is 26.2 Å². The van der Waals surface area contributed by atoms with Crippen LogP contribution >= 0.6 is 0 Å². The van der Waals surface area contributed by atoms with Gasteiger partial charge in [-0.2, -0.15) is 5.10 Å². The number of carbonyl (C=O) groups is 1. The Hall–Kier alpha value is -3.58. The van der Waals surface area contributed by atoms with Gasteiger partial charge >= 0.3 is 5.97 Å². The Labute approximate surface area is 180 Å². The number of allylic oxidation sites excluding steroid dienone is 1. The van der Waals surface area contributed by atoms with Crippen LogP contribution in [-0.4, -0.2) is 34.1 Å². The molecule has 0 radical (unpaired) electrons. The molecule has 0 fully saturated rings. The SMILES string of the molecule is Cc1c(CC(=O)O)cccc1OCCONC1=CCCc2cc(-n3cccn3)ccc21. The van der Waals surface area contributed by atoms with Gasteiger partial charge in [0.2, 0.25) is 0 Å². The molecule has 2 N–H and O–H groups in total. The van der Waals surface area contributed by atoms with Gasteiger partial charge in [0, 0.05) is 18.0 Å². The van der Waals surface area contributed by atoms with Crippen molar-refractivity contribution in [1.29, 1.82) is 0 Å². The predicted molar refractivity (Wildman–Crippen MR) is 117 cm³/mol. The van der Waals surface area contributed by atoms with E-state index >= 15 is 0 Å². The zero-order valence-electron chi connectivity index (χ0n) is 17.4. The lowest BCUT2D eigenvalue weighted by Gasteiger charge is -2.20. The summed E-state index contributed by atoms with van der Waals surface area (Å²) in [6.45, 7) is 2.57. The van der Waals surface area contributed by atoms with Crippen LogP contribution in [0.5, 0.6) is 5.75 Å². The Kier molecular flexibility index (Phi) is 6.33. The van der Waals surface area contributed by atoms with Crippen molar-refractivity contribution in [3.8, 4) is 11.4 Å². The minimum atomic E-state index is -0.856. The first-order valence-corrected chi connectivity index (χ1v) is 10.3. The summed E-state index contributed by atoms with van der Waals surface area (Å²) >= 11 is 0. The number of aryl methyl sites for hydroxylation is 1. The van der Waals surface area contributed by atoms with Crippen molar-refractivity contribution in [2.24, 2.45) is 0 Å². The van der Waals surface area contributed by atoms with Crippen LogP contribution in [0.25, 0.3) is 11.4 Å². The van der Waals surface area contributed by atoms with E-state index in [4.69, 9.17) is 14.7 Å². The quantitative estimate of drug-likeness (QED) is 0.406. The Morgan fingerprint density at radius 2 is 2.13 bits per heavy atom. The van der Waals surface area contributed by atoms with E-state index in [9.17, 15) is 4.79 Å². The van der Waals surface area contributed by atoms with Crippen molar-refractivity contribution in [1.82, 2.24) is 15.3 Å². The lowest BCUT2D eigenvalue weighted by molar-refractivity contribution is -0.136. The topological polar surface area (TPSA) is 85.6 Å². The maximum absolute atomic E-state index is 11.0. The number of hydrogen-bond donors (Lipinski definition) is 2. The molecule has 0 aliphatic heterocycles. The van der Waals surface area contributed by atoms with Crippen LogP contribution in [0.15, 0.2) is 60.9 Å². The minimum absolute atomic E-state index is 0.0171. The van der Waals surface area contributed by atoms with Crippen LogP contribution in [0.3, 0.4) is 0 Å². The molecule has 1 heterocycles. The second-order valence-electron chi connectivity index (χ2n) is 7.36. The molecule has 2 aromatic carbocycles. The highest BCUT2D eigenvalue weighted by atomic mass is 16.7. The van der Waals surface area contributed by atoms with Gasteiger partial charge in [0.15, 0.2) is 0 Å². The van der Waals surface area contributed by atoms with Gasteiger partial charge in [0.1, 0.15) is 19.0 Å². The lowest BCUT2D eigenvalue weighted by Crippen LogP contribution is -2.20. The average Bonchev–Trinajstić information content (AvgIpc) is 3.30. The summed E-state index contributed by atoms with van der Waals surface area (Å²) in [6, 6.07) is 13.6. The van der Waals surface area contributed by atoms with Crippen molar-refractivity contribution < 1.29 is 19.5 Å². The molecule has 7 nitrogen and oxygen atoms in total. The Morgan fingerprint density at radius 3 is 2.94 bits per heavy atom. The van der Waals surface area contributed by atoms with E-state index in [0.29, 0.717) is 19.0 Å². The van der Waals surface area contributed by atoms with E-state index in [1.54, 1.807) is 18.3 Å². The fourth-order valence-electron chi connectivity index (χ4n) is 3.69. The smallest absolute Gasteiger partial charge is 0.307 e. The first-order chi connectivity index (χ1) is 15.1. The Bertz CT molecular complexity index is 1090. The van der Waals surface area contributed by atoms with E-state index in [2.05, 4.69) is 28.8 Å². The molecule has 1 aliphatic rings. The lowest BCUT2D eigenvalue weighted by atomic mass is 9.94. The summed E-state index contributed by atoms with van der Waals surface area (Å²) in [5.74, 6) is -0.179. The van der Waals surface area contributed by atoms with Gasteiger partial charge in [-0.1, -0.05) is 24.3 Å². The normalized spacial score (nSPS) is 12.7. The number of nitrogens with zero attached hydrogens (tertiary/aromatic N) is 2. The zero-order valence-corrected chi connectivity index (χ0v) is 17.4. The number of benzene rings is 2. The summed E-state index contributed by atoms with van der Waals surface area (Å²) in [5, 5.41) is 13.3. The standard InChI is InChI=1S/C24H25N3O4/c1-17-18(16-24(28)29)5-3-8-23(17)30-13-14-31-26-22-7-2-6-19-15-20(9-10-21(19)22)27-12-4-11-25-27/h3-5,7-12,15,26H,2,6,13-14,16H2,1H3,(H,28,29). The van der Waals surface area contributed by atoms with E-state index in [1.165, 1.54) is 5.56 Å². The summed E-state index contributed by atoms with van der Waals surface area (Å²) in [4.78, 5) is 16.6. The van der Waals surface area contributed by atoms with Gasteiger partial charge in [0.25, 0.3) is 0 Å². The van der Waals surface area contributed by atoms with Crippen LogP contribution < -0.4 is 10.2 Å². The molecule has 0 saturated carbocycles. The first-order valence-electron chi connectivity index (χ1n) is 10.3. The van der Waals surface area contributed by atoms with Crippen LogP contribution in [0.4, 0.5) is 0 Å². The Morgan fingerprint density at radius 1 is 1.23 bits per heavy atom. The van der Waals surface area contributed by atoms with Gasteiger partial charge in [-0.25, -0.2) is 4.68 Å². The molecule has 31 heavy (non-hydrogen) atoms. The van der Waals surface area contributed by atoms with Crippen molar-refractivity contribution >= 4 is 11.7 Å². The highest BCUT2D eigenvalue weighted by Crippen LogP contribution is 2.27. The van der Waals surface area contributed by atoms with Crippen LogP contribution in [-0.2, 0) is 22.5 Å². The van der Waals surface area contributed by atoms with Gasteiger partial charge in [0.05, 0.1) is 17.8 Å². The third-order valence-electron chi connectivity index (χ3n) is 5.27.